The monoisotopic (exact) mass is 1390 g/mol. The van der Waals surface area contributed by atoms with Gasteiger partial charge in [0.2, 0.25) is 5.03 Å². The zero-order valence-electron chi connectivity index (χ0n) is 55.7. The lowest BCUT2D eigenvalue weighted by molar-refractivity contribution is -0.708. The van der Waals surface area contributed by atoms with Crippen molar-refractivity contribution in [3.63, 3.8) is 0 Å². The summed E-state index contributed by atoms with van der Waals surface area (Å²) in [6.45, 7) is 32.8. The first-order chi connectivity index (χ1) is 38.9. The Morgan fingerprint density at radius 2 is 0.729 bits per heavy atom. The topological polar surface area (TPSA) is 74.9 Å². The summed E-state index contributed by atoms with van der Waals surface area (Å²) >= 11 is 0. The molecule has 9 nitrogen and oxygen atoms in total. The molecule has 85 heavy (non-hydrogen) atoms. The van der Waals surface area contributed by atoms with Gasteiger partial charge in [-0.15, -0.1) is 0 Å². The van der Waals surface area contributed by atoms with Gasteiger partial charge >= 0.3 is 12.3 Å². The fraction of sp³-hybridized carbons (Fsp3) is 0.516. The van der Waals surface area contributed by atoms with Crippen molar-refractivity contribution in [2.45, 2.75) is 152 Å². The van der Waals surface area contributed by atoms with Gasteiger partial charge in [0.15, 0.2) is 27.9 Å². The molecule has 5 rings (SSSR count). The molecule has 0 amide bonds. The molecular weight excluding hydrogens is 1290 g/mol. The molecular formula is C64H102N3O6S12+5. The number of benzene rings is 4. The van der Waals surface area contributed by atoms with Gasteiger partial charge < -0.3 is 18.9 Å². The molecule has 0 unspecified atom stereocenters. The van der Waals surface area contributed by atoms with Crippen LogP contribution in [0.2, 0.25) is 0 Å². The third kappa shape index (κ3) is 43.2. The molecule has 0 aliphatic rings. The maximum absolute atomic E-state index is 11.5. The molecule has 5 aromatic rings. The Kier molecular flexibility index (Phi) is 37.7. The normalized spacial score (nSPS) is 12.0. The molecule has 1 heterocycles. The number of carbonyl (C=O) groups is 2. The van der Waals surface area contributed by atoms with Gasteiger partial charge in [-0.25, -0.2) is 9.59 Å². The Labute approximate surface area is 561 Å². The lowest BCUT2D eigenvalue weighted by atomic mass is 10.2. The first kappa shape index (κ1) is 81.7. The minimum Gasteiger partial charge on any atom is -0.422 e. The van der Waals surface area contributed by atoms with Gasteiger partial charge in [0, 0.05) is 103 Å². The van der Waals surface area contributed by atoms with E-state index in [0.717, 1.165) is 10.2 Å². The summed E-state index contributed by atoms with van der Waals surface area (Å²) in [4.78, 5) is 28.4. The lowest BCUT2D eigenvalue weighted by Crippen LogP contribution is -2.34. The smallest absolute Gasteiger partial charge is 0.422 e. The number of hydrogen-bond donors (Lipinski definition) is 0. The Balaban J connectivity index is 0.000000537. The van der Waals surface area contributed by atoms with Crippen molar-refractivity contribution < 1.29 is 33.1 Å². The molecule has 21 heteroatoms. The van der Waals surface area contributed by atoms with Crippen LogP contribution in [0.5, 0.6) is 11.5 Å². The molecule has 0 saturated carbocycles. The first-order valence-electron chi connectivity index (χ1n) is 27.4. The highest BCUT2D eigenvalue weighted by molar-refractivity contribution is 8.78. The quantitative estimate of drug-likeness (QED) is 0.0122. The van der Waals surface area contributed by atoms with Crippen LogP contribution in [0.15, 0.2) is 146 Å². The molecule has 0 saturated heterocycles. The van der Waals surface area contributed by atoms with E-state index in [-0.39, 0.29) is 32.3 Å². The molecule has 0 spiro atoms. The second-order valence-electron chi connectivity index (χ2n) is 25.9. The summed E-state index contributed by atoms with van der Waals surface area (Å²) in [5, 5.41) is 1.29. The number of hydrogen-bond acceptors (Lipinski definition) is 16. The molecule has 4 aromatic carbocycles. The van der Waals surface area contributed by atoms with E-state index in [1.54, 1.807) is 45.9 Å². The van der Waals surface area contributed by atoms with Crippen LogP contribution in [0, 0.1) is 0 Å². The van der Waals surface area contributed by atoms with Crippen LogP contribution in [0.25, 0.3) is 0 Å². The fourth-order valence-corrected chi connectivity index (χ4v) is 16.6. The Bertz CT molecular complexity index is 2650. The van der Waals surface area contributed by atoms with Gasteiger partial charge in [-0.1, -0.05) is 201 Å². The van der Waals surface area contributed by atoms with Crippen LogP contribution >= 0.6 is 108 Å². The van der Waals surface area contributed by atoms with Gasteiger partial charge in [0.1, 0.15) is 54.9 Å². The third-order valence-corrected chi connectivity index (χ3v) is 28.0. The van der Waals surface area contributed by atoms with Gasteiger partial charge in [0.05, 0.1) is 42.3 Å². The highest BCUT2D eigenvalue weighted by Gasteiger charge is 2.19. The van der Waals surface area contributed by atoms with Crippen molar-refractivity contribution in [2.24, 2.45) is 7.05 Å². The average Bonchev–Trinajstić information content (AvgIpc) is 3.61. The van der Waals surface area contributed by atoms with Crippen molar-refractivity contribution in [2.75, 3.05) is 79.2 Å². The minimum absolute atomic E-state index is 0.138. The number of nitrogens with zero attached hydrogens (tertiary/aromatic N) is 3. The van der Waals surface area contributed by atoms with Crippen LogP contribution in [-0.4, -0.2) is 115 Å². The predicted molar refractivity (Wildman–Crippen MR) is 401 cm³/mol. The van der Waals surface area contributed by atoms with E-state index in [2.05, 4.69) is 250 Å². The summed E-state index contributed by atoms with van der Waals surface area (Å²) in [6.07, 6.45) is 9.55. The standard InChI is InChI=1S/C15H24NO3S2.C14H21O3S3.C13H22NS2.C12H19S3.C10H16NS2/c1-15(2,3)21-20-11-18-14(17)19-13-9-7-12(8-10-13)16(4,5)6;1-14(2,3)19-18-10-16-13(15)17-11-6-8-12(9-7-11)20(4)5;1-13(2,3)16-15-12-9-7-11(8-10-12)14(4,5)6;1-12(2,3)14-13-10-6-8-11(9-7-10)15(4)5;1-10(2,3)13-12-9-7-5-6-8-11(9)4/h7-10H,11H2,1-6H3;6-9H,10H2,1-5H3;7-10H,1-6H3;6-9H,1-5H3;5-8H,1-4H3/q5*+1. The zero-order valence-corrected chi connectivity index (χ0v) is 65.4. The van der Waals surface area contributed by atoms with E-state index in [4.69, 9.17) is 18.9 Å². The Morgan fingerprint density at radius 1 is 0.424 bits per heavy atom. The van der Waals surface area contributed by atoms with Crippen LogP contribution < -0.4 is 23.0 Å². The number of ether oxygens (including phenoxy) is 4. The molecule has 0 fully saturated rings. The van der Waals surface area contributed by atoms with Crippen molar-refractivity contribution in [1.82, 2.24) is 8.97 Å². The fourth-order valence-electron chi connectivity index (χ4n) is 5.36. The molecule has 0 radical (unpaired) electrons. The third-order valence-electron chi connectivity index (χ3n) is 9.44. The number of rotatable bonds is 18. The number of pyridine rings is 1. The van der Waals surface area contributed by atoms with Crippen molar-refractivity contribution >= 4 is 153 Å². The Hall–Kier alpha value is -1.31. The van der Waals surface area contributed by atoms with Crippen molar-refractivity contribution in [1.29, 1.82) is 0 Å². The van der Waals surface area contributed by atoms with Crippen molar-refractivity contribution in [3.05, 3.63) is 121 Å². The molecule has 0 N–H and O–H groups in total. The summed E-state index contributed by atoms with van der Waals surface area (Å²) in [5.74, 6) is 1.56. The van der Waals surface area contributed by atoms with E-state index < -0.39 is 12.3 Å². The average molecular weight is 1390 g/mol. The summed E-state index contributed by atoms with van der Waals surface area (Å²) in [5.41, 5.74) is 2.47. The van der Waals surface area contributed by atoms with Crippen molar-refractivity contribution in [3.8, 4) is 11.5 Å². The van der Waals surface area contributed by atoms with Gasteiger partial charge in [0.25, 0.3) is 0 Å². The molecule has 0 atom stereocenters. The summed E-state index contributed by atoms with van der Waals surface area (Å²) in [7, 11) is 33.1. The van der Waals surface area contributed by atoms with Gasteiger partial charge in [-0.2, -0.15) is 4.57 Å². The Morgan fingerprint density at radius 3 is 1.05 bits per heavy atom. The lowest BCUT2D eigenvalue weighted by Gasteiger charge is -2.23. The van der Waals surface area contributed by atoms with E-state index in [1.165, 1.54) is 51.9 Å². The molecule has 1 aromatic heterocycles. The van der Waals surface area contributed by atoms with Crippen LogP contribution in [0.3, 0.4) is 0 Å². The van der Waals surface area contributed by atoms with E-state index in [9.17, 15) is 9.59 Å². The second kappa shape index (κ2) is 39.2. The van der Waals surface area contributed by atoms with Gasteiger partial charge in [-0.05, 0) is 78.9 Å². The minimum atomic E-state index is -0.671. The largest absolute Gasteiger partial charge is 0.514 e. The predicted octanol–water partition coefficient (Wildman–Crippen LogP) is 21.0. The molecule has 0 aliphatic heterocycles. The highest BCUT2D eigenvalue weighted by Crippen LogP contribution is 2.42. The van der Waals surface area contributed by atoms with E-state index in [1.807, 2.05) is 95.1 Å². The first-order valence-corrected chi connectivity index (χ1v) is 42.6. The summed E-state index contributed by atoms with van der Waals surface area (Å²) < 4.78 is 25.2. The number of carbonyl (C=O) groups excluding carboxylic acids is 2. The number of aryl methyl sites for hydroxylation is 1. The molecule has 476 valence electrons. The maximum atomic E-state index is 11.5. The van der Waals surface area contributed by atoms with Crippen LogP contribution in [-0.2, 0) is 38.3 Å². The molecule has 0 bridgehead atoms. The number of aromatic nitrogens is 1. The summed E-state index contributed by atoms with van der Waals surface area (Å²) in [6, 6.07) is 39.0. The second-order valence-corrected chi connectivity index (χ2v) is 45.3. The number of quaternary nitrogens is 2. The SMILES string of the molecule is CC(C)(C)SSCOC(=O)Oc1ccc([N+](C)(C)C)cc1.CC(C)(C)SSc1ccc([N+](C)(C)C)cc1.C[S+](C)c1ccc(OC(=O)OCSSC(C)(C)C)cc1.C[S+](C)c1ccc(SSC(C)(C)C)cc1.C[n+]1ccccc1SSC(C)(C)C. The van der Waals surface area contributed by atoms with E-state index in [0.29, 0.717) is 41.1 Å². The van der Waals surface area contributed by atoms with Gasteiger partial charge in [-0.3, -0.25) is 8.97 Å². The maximum Gasteiger partial charge on any atom is 0.514 e. The zero-order chi connectivity index (χ0) is 65.0. The van der Waals surface area contributed by atoms with Crippen LogP contribution in [0.4, 0.5) is 21.0 Å². The molecule has 0 aliphatic carbocycles. The van der Waals surface area contributed by atoms with Crippen LogP contribution in [0.1, 0.15) is 104 Å². The van der Waals surface area contributed by atoms with E-state index >= 15 is 0 Å². The highest BCUT2D eigenvalue weighted by atomic mass is 33.1.